The normalized spacial score (nSPS) is 20.7. The Morgan fingerprint density at radius 1 is 1.59 bits per heavy atom. The fourth-order valence-corrected chi connectivity index (χ4v) is 2.91. The van der Waals surface area contributed by atoms with Crippen LogP contribution in [0.25, 0.3) is 0 Å². The van der Waals surface area contributed by atoms with Gasteiger partial charge in [-0.25, -0.2) is 0 Å². The van der Waals surface area contributed by atoms with Crippen LogP contribution in [-0.4, -0.2) is 28.6 Å². The van der Waals surface area contributed by atoms with Gasteiger partial charge in [0.2, 0.25) is 0 Å². The summed E-state index contributed by atoms with van der Waals surface area (Å²) in [5.41, 5.74) is 2.36. The van der Waals surface area contributed by atoms with Gasteiger partial charge in [0.1, 0.15) is 6.04 Å². The van der Waals surface area contributed by atoms with Crippen molar-refractivity contribution in [3.05, 3.63) is 33.8 Å². The lowest BCUT2D eigenvalue weighted by atomic mass is 10.1. The fourth-order valence-electron chi connectivity index (χ4n) is 2.29. The van der Waals surface area contributed by atoms with Crippen LogP contribution in [0, 0.1) is 6.92 Å². The molecule has 0 amide bonds. The minimum Gasteiger partial charge on any atom is -0.480 e. The smallest absolute Gasteiger partial charge is 0.320 e. The van der Waals surface area contributed by atoms with Crippen LogP contribution in [0.4, 0.5) is 0 Å². The van der Waals surface area contributed by atoms with Gasteiger partial charge in [-0.2, -0.15) is 0 Å². The van der Waals surface area contributed by atoms with E-state index in [-0.39, 0.29) is 6.04 Å². The van der Waals surface area contributed by atoms with Crippen molar-refractivity contribution in [2.75, 3.05) is 6.54 Å². The minimum absolute atomic E-state index is 0.316. The Morgan fingerprint density at radius 3 is 3.00 bits per heavy atom. The van der Waals surface area contributed by atoms with Crippen LogP contribution in [0.5, 0.6) is 0 Å². The van der Waals surface area contributed by atoms with E-state index in [1.165, 1.54) is 5.56 Å². The van der Waals surface area contributed by atoms with Crippen molar-refractivity contribution in [3.8, 4) is 0 Å². The van der Waals surface area contributed by atoms with Gasteiger partial charge in [-0.15, -0.1) is 0 Å². The summed E-state index contributed by atoms with van der Waals surface area (Å²) in [6.07, 6.45) is 1.74. The van der Waals surface area contributed by atoms with Crippen molar-refractivity contribution in [1.82, 2.24) is 4.90 Å². The summed E-state index contributed by atoms with van der Waals surface area (Å²) in [4.78, 5) is 13.1. The number of carboxylic acids is 1. The molecule has 1 saturated heterocycles. The maximum atomic E-state index is 11.1. The summed E-state index contributed by atoms with van der Waals surface area (Å²) in [5, 5.41) is 9.12. The Kier molecular flexibility index (Phi) is 3.84. The van der Waals surface area contributed by atoms with Crippen molar-refractivity contribution in [1.29, 1.82) is 0 Å². The predicted molar refractivity (Wildman–Crippen MR) is 69.9 cm³/mol. The molecule has 1 aromatic rings. The molecule has 2 rings (SSSR count). The highest BCUT2D eigenvalue weighted by molar-refractivity contribution is 9.10. The maximum absolute atomic E-state index is 11.1. The maximum Gasteiger partial charge on any atom is 0.320 e. The molecule has 0 saturated carbocycles. The summed E-state index contributed by atoms with van der Waals surface area (Å²) in [7, 11) is 0. The van der Waals surface area contributed by atoms with Gasteiger partial charge >= 0.3 is 5.97 Å². The van der Waals surface area contributed by atoms with E-state index in [1.807, 2.05) is 11.8 Å². The summed E-state index contributed by atoms with van der Waals surface area (Å²) in [6.45, 7) is 3.62. The van der Waals surface area contributed by atoms with Gasteiger partial charge in [0.15, 0.2) is 0 Å². The van der Waals surface area contributed by atoms with Gasteiger partial charge in [0.05, 0.1) is 0 Å². The molecule has 0 spiro atoms. The number of benzene rings is 1. The van der Waals surface area contributed by atoms with Gasteiger partial charge in [-0.05, 0) is 43.5 Å². The molecule has 3 nitrogen and oxygen atoms in total. The number of hydrogen-bond donors (Lipinski definition) is 1. The van der Waals surface area contributed by atoms with E-state index >= 15 is 0 Å². The van der Waals surface area contributed by atoms with E-state index < -0.39 is 5.97 Å². The number of nitrogens with zero attached hydrogens (tertiary/aromatic N) is 1. The van der Waals surface area contributed by atoms with Crippen LogP contribution in [0.1, 0.15) is 24.0 Å². The molecule has 1 heterocycles. The summed E-state index contributed by atoms with van der Waals surface area (Å²) < 4.78 is 1.06. The fraction of sp³-hybridized carbons (Fsp3) is 0.462. The third-order valence-corrected chi connectivity index (χ3v) is 3.97. The first-order valence-corrected chi connectivity index (χ1v) is 6.59. The Morgan fingerprint density at radius 2 is 2.35 bits per heavy atom. The van der Waals surface area contributed by atoms with Crippen molar-refractivity contribution in [3.63, 3.8) is 0 Å². The highest BCUT2D eigenvalue weighted by Crippen LogP contribution is 2.24. The highest BCUT2D eigenvalue weighted by atomic mass is 79.9. The molecule has 1 N–H and O–H groups in total. The van der Waals surface area contributed by atoms with Crippen molar-refractivity contribution in [2.45, 2.75) is 32.4 Å². The van der Waals surface area contributed by atoms with Crippen molar-refractivity contribution >= 4 is 21.9 Å². The minimum atomic E-state index is -0.703. The highest BCUT2D eigenvalue weighted by Gasteiger charge is 2.30. The first-order chi connectivity index (χ1) is 8.08. The third-order valence-electron chi connectivity index (χ3n) is 3.23. The van der Waals surface area contributed by atoms with E-state index in [0.717, 1.165) is 29.4 Å². The Balaban J connectivity index is 2.12. The molecular formula is C13H16BrNO2. The molecule has 1 fully saturated rings. The molecule has 4 heteroatoms. The Bertz CT molecular complexity index is 433. The van der Waals surface area contributed by atoms with Crippen LogP contribution in [-0.2, 0) is 11.3 Å². The van der Waals surface area contributed by atoms with E-state index in [1.54, 1.807) is 0 Å². The van der Waals surface area contributed by atoms with Gasteiger partial charge in [0, 0.05) is 11.0 Å². The zero-order valence-corrected chi connectivity index (χ0v) is 11.4. The monoisotopic (exact) mass is 297 g/mol. The van der Waals surface area contributed by atoms with E-state index in [0.29, 0.717) is 6.54 Å². The van der Waals surface area contributed by atoms with E-state index in [4.69, 9.17) is 5.11 Å². The molecule has 0 aliphatic carbocycles. The first-order valence-electron chi connectivity index (χ1n) is 5.80. The van der Waals surface area contributed by atoms with Gasteiger partial charge < -0.3 is 5.11 Å². The molecule has 0 bridgehead atoms. The van der Waals surface area contributed by atoms with Crippen LogP contribution >= 0.6 is 15.9 Å². The van der Waals surface area contributed by atoms with Crippen LogP contribution in [0.3, 0.4) is 0 Å². The molecule has 1 unspecified atom stereocenters. The molecule has 1 aromatic carbocycles. The second kappa shape index (κ2) is 5.19. The predicted octanol–water partition coefficient (Wildman–Crippen LogP) is 2.81. The quantitative estimate of drug-likeness (QED) is 0.933. The SMILES string of the molecule is Cc1ccc(CN2CCCC2C(=O)O)c(Br)c1. The van der Waals surface area contributed by atoms with E-state index in [9.17, 15) is 4.79 Å². The molecule has 0 radical (unpaired) electrons. The molecular weight excluding hydrogens is 282 g/mol. The molecule has 1 aliphatic rings. The van der Waals surface area contributed by atoms with Crippen molar-refractivity contribution < 1.29 is 9.90 Å². The number of aliphatic carboxylic acids is 1. The molecule has 92 valence electrons. The van der Waals surface area contributed by atoms with Crippen LogP contribution in [0.2, 0.25) is 0 Å². The lowest BCUT2D eigenvalue weighted by Crippen LogP contribution is -2.35. The standard InChI is InChI=1S/C13H16BrNO2/c1-9-4-5-10(11(14)7-9)8-15-6-2-3-12(15)13(16)17/h4-5,7,12H,2-3,6,8H2,1H3,(H,16,17). The zero-order chi connectivity index (χ0) is 12.4. The lowest BCUT2D eigenvalue weighted by molar-refractivity contribution is -0.142. The number of halogens is 1. The van der Waals surface area contributed by atoms with Crippen molar-refractivity contribution in [2.24, 2.45) is 0 Å². The zero-order valence-electron chi connectivity index (χ0n) is 9.82. The summed E-state index contributed by atoms with van der Waals surface area (Å²) in [5.74, 6) is -0.703. The number of rotatable bonds is 3. The lowest BCUT2D eigenvalue weighted by Gasteiger charge is -2.21. The van der Waals surface area contributed by atoms with Crippen LogP contribution < -0.4 is 0 Å². The van der Waals surface area contributed by atoms with Crippen LogP contribution in [0.15, 0.2) is 22.7 Å². The number of carboxylic acid groups (broad SMARTS) is 1. The van der Waals surface area contributed by atoms with E-state index in [2.05, 4.69) is 34.1 Å². The van der Waals surface area contributed by atoms with Gasteiger partial charge in [-0.1, -0.05) is 28.1 Å². The summed E-state index contributed by atoms with van der Waals surface area (Å²) >= 11 is 3.54. The third kappa shape index (κ3) is 2.87. The average Bonchev–Trinajstić information content (AvgIpc) is 2.70. The second-order valence-electron chi connectivity index (χ2n) is 4.56. The molecule has 1 aliphatic heterocycles. The topological polar surface area (TPSA) is 40.5 Å². The number of aryl methyl sites for hydroxylation is 1. The average molecular weight is 298 g/mol. The molecule has 0 aromatic heterocycles. The summed E-state index contributed by atoms with van der Waals surface area (Å²) in [6, 6.07) is 5.88. The molecule has 1 atom stereocenters. The number of hydrogen-bond acceptors (Lipinski definition) is 2. The Hall–Kier alpha value is -0.870. The number of likely N-dealkylation sites (tertiary alicyclic amines) is 1. The number of carbonyl (C=O) groups is 1. The second-order valence-corrected chi connectivity index (χ2v) is 5.42. The molecule has 17 heavy (non-hydrogen) atoms. The first kappa shape index (κ1) is 12.6. The van der Waals surface area contributed by atoms with Gasteiger partial charge in [0.25, 0.3) is 0 Å². The largest absolute Gasteiger partial charge is 0.480 e. The van der Waals surface area contributed by atoms with Gasteiger partial charge in [-0.3, -0.25) is 9.69 Å². The Labute approximate surface area is 110 Å².